The Kier molecular flexibility index (Phi) is 5.39. The van der Waals surface area contributed by atoms with Crippen LogP contribution in [0.3, 0.4) is 0 Å². The Morgan fingerprint density at radius 3 is 2.73 bits per heavy atom. The molecule has 2 aliphatic rings. The number of urea groups is 1. The van der Waals surface area contributed by atoms with Crippen LogP contribution in [-0.2, 0) is 26.2 Å². The van der Waals surface area contributed by atoms with E-state index >= 15 is 0 Å². The second kappa shape index (κ2) is 8.13. The van der Waals surface area contributed by atoms with Crippen LogP contribution in [0.4, 0.5) is 4.79 Å². The van der Waals surface area contributed by atoms with Gasteiger partial charge in [-0.05, 0) is 53.1 Å². The van der Waals surface area contributed by atoms with Crippen molar-refractivity contribution in [2.24, 2.45) is 5.73 Å². The highest BCUT2D eigenvalue weighted by atomic mass is 32.2. The smallest absolute Gasteiger partial charge is 0.312 e. The molecule has 1 aliphatic heterocycles. The highest BCUT2D eigenvalue weighted by Crippen LogP contribution is 2.34. The summed E-state index contributed by atoms with van der Waals surface area (Å²) in [7, 11) is -3.65. The van der Waals surface area contributed by atoms with Crippen molar-refractivity contribution < 1.29 is 23.0 Å². The first-order valence-corrected chi connectivity index (χ1v) is 10.6. The van der Waals surface area contributed by atoms with Crippen molar-refractivity contribution in [2.45, 2.75) is 17.9 Å². The van der Waals surface area contributed by atoms with Crippen molar-refractivity contribution in [2.75, 3.05) is 6.61 Å². The van der Waals surface area contributed by atoms with Crippen molar-refractivity contribution in [1.82, 2.24) is 10.3 Å². The van der Waals surface area contributed by atoms with Crippen LogP contribution in [0.15, 0.2) is 82.1 Å². The van der Waals surface area contributed by atoms with Crippen LogP contribution in [0.1, 0.15) is 12.0 Å². The number of carbonyl (C=O) groups excluding carboxylic acids is 1. The van der Waals surface area contributed by atoms with Crippen LogP contribution in [0.2, 0.25) is 0 Å². The average molecular weight is 425 g/mol. The van der Waals surface area contributed by atoms with Crippen molar-refractivity contribution >= 4 is 15.9 Å². The minimum Gasteiger partial charge on any atom is -0.352 e. The Morgan fingerprint density at radius 2 is 1.97 bits per heavy atom. The quantitative estimate of drug-likeness (QED) is 0.711. The molecule has 2 amide bonds. The second-order valence-electron chi connectivity index (χ2n) is 6.72. The summed E-state index contributed by atoms with van der Waals surface area (Å²) in [5.74, 6) is 0.533. The summed E-state index contributed by atoms with van der Waals surface area (Å²) in [5, 5.41) is 2.54. The summed E-state index contributed by atoms with van der Waals surface area (Å²) >= 11 is 0. The van der Waals surface area contributed by atoms with Gasteiger partial charge in [0.1, 0.15) is 6.61 Å². The standard InChI is InChI=1S/C21H19N3O5S/c22-21(25)24-13-16-12-23-9-7-19(16)14-1-3-17(4-2-14)30(26,27)18-5-6-20-15(11-18)8-10-28-29-20/h1-9,12H,10-11,13H2,(H3,22,24,25). The topological polar surface area (TPSA) is 121 Å². The first-order valence-electron chi connectivity index (χ1n) is 9.16. The number of aromatic nitrogens is 1. The van der Waals surface area contributed by atoms with Gasteiger partial charge in [-0.15, -0.1) is 0 Å². The first kappa shape index (κ1) is 19.9. The molecule has 30 heavy (non-hydrogen) atoms. The van der Waals surface area contributed by atoms with Gasteiger partial charge in [-0.3, -0.25) is 4.98 Å². The van der Waals surface area contributed by atoms with Crippen LogP contribution in [0, 0.1) is 0 Å². The molecule has 0 atom stereocenters. The lowest BCUT2D eigenvalue weighted by Gasteiger charge is -2.21. The molecular weight excluding hydrogens is 406 g/mol. The average Bonchev–Trinajstić information content (AvgIpc) is 2.77. The summed E-state index contributed by atoms with van der Waals surface area (Å²) in [6.45, 7) is 0.509. The number of benzene rings is 1. The van der Waals surface area contributed by atoms with Crippen molar-refractivity contribution in [3.63, 3.8) is 0 Å². The molecule has 154 valence electrons. The Morgan fingerprint density at radius 1 is 1.17 bits per heavy atom. The van der Waals surface area contributed by atoms with E-state index in [0.717, 1.165) is 22.3 Å². The van der Waals surface area contributed by atoms with Gasteiger partial charge in [-0.1, -0.05) is 12.1 Å². The van der Waals surface area contributed by atoms with Crippen LogP contribution >= 0.6 is 0 Å². The van der Waals surface area contributed by atoms with E-state index in [1.165, 1.54) is 0 Å². The minimum atomic E-state index is -3.65. The van der Waals surface area contributed by atoms with Gasteiger partial charge in [-0.25, -0.2) is 13.2 Å². The molecule has 0 radical (unpaired) electrons. The minimum absolute atomic E-state index is 0.203. The van der Waals surface area contributed by atoms with Crippen LogP contribution in [0.5, 0.6) is 0 Å². The lowest BCUT2D eigenvalue weighted by Crippen LogP contribution is -2.28. The van der Waals surface area contributed by atoms with E-state index in [1.807, 2.05) is 6.08 Å². The highest BCUT2D eigenvalue weighted by Gasteiger charge is 2.27. The number of fused-ring (bicyclic) bond motifs is 1. The molecule has 0 saturated heterocycles. The Labute approximate surface area is 173 Å². The zero-order valence-electron chi connectivity index (χ0n) is 15.9. The molecule has 2 aromatic rings. The molecule has 8 nitrogen and oxygen atoms in total. The van der Waals surface area contributed by atoms with Gasteiger partial charge < -0.3 is 15.9 Å². The maximum absolute atomic E-state index is 13.1. The molecule has 0 unspecified atom stereocenters. The van der Waals surface area contributed by atoms with Crippen molar-refractivity contribution in [3.05, 3.63) is 82.8 Å². The lowest BCUT2D eigenvalue weighted by molar-refractivity contribution is -0.255. The zero-order valence-corrected chi connectivity index (χ0v) is 16.7. The summed E-state index contributed by atoms with van der Waals surface area (Å²) in [6.07, 6.45) is 8.48. The number of amides is 2. The maximum atomic E-state index is 13.1. The Bertz CT molecular complexity index is 1180. The van der Waals surface area contributed by atoms with Crippen molar-refractivity contribution in [1.29, 1.82) is 0 Å². The molecule has 0 saturated carbocycles. The maximum Gasteiger partial charge on any atom is 0.312 e. The molecule has 1 aromatic heterocycles. The third-order valence-corrected chi connectivity index (χ3v) is 6.69. The van der Waals surface area contributed by atoms with Gasteiger partial charge in [0.25, 0.3) is 0 Å². The van der Waals surface area contributed by atoms with E-state index in [4.69, 9.17) is 15.5 Å². The fourth-order valence-corrected chi connectivity index (χ4v) is 4.67. The fraction of sp³-hybridized carbons (Fsp3) is 0.143. The molecule has 9 heteroatoms. The number of nitrogens with two attached hydrogens (primary N) is 1. The second-order valence-corrected chi connectivity index (χ2v) is 8.72. The third kappa shape index (κ3) is 3.98. The Balaban J connectivity index is 1.61. The SMILES string of the molecule is NC(=O)NCc1cnccc1-c1ccc(S(=O)(=O)C2=CC=C3OOCC=C3C2)cc1. The van der Waals surface area contributed by atoms with E-state index in [-0.39, 0.29) is 24.5 Å². The normalized spacial score (nSPS) is 15.8. The number of carbonyl (C=O) groups is 1. The van der Waals surface area contributed by atoms with E-state index in [9.17, 15) is 13.2 Å². The summed E-state index contributed by atoms with van der Waals surface area (Å²) in [4.78, 5) is 25.5. The number of pyridine rings is 1. The zero-order chi connectivity index (χ0) is 21.1. The molecule has 0 bridgehead atoms. The monoisotopic (exact) mass is 425 g/mol. The summed E-state index contributed by atoms with van der Waals surface area (Å²) < 4.78 is 26.2. The predicted molar refractivity (Wildman–Crippen MR) is 109 cm³/mol. The number of rotatable bonds is 5. The molecule has 2 heterocycles. The number of allylic oxidation sites excluding steroid dienone is 4. The number of hydrogen-bond acceptors (Lipinski definition) is 6. The Hall–Kier alpha value is -3.43. The number of nitrogens with zero attached hydrogens (tertiary/aromatic N) is 1. The first-order chi connectivity index (χ1) is 14.4. The van der Waals surface area contributed by atoms with Gasteiger partial charge in [-0.2, -0.15) is 4.89 Å². The van der Waals surface area contributed by atoms with Crippen molar-refractivity contribution in [3.8, 4) is 11.1 Å². The van der Waals surface area contributed by atoms with Crippen LogP contribution in [0.25, 0.3) is 11.1 Å². The molecule has 1 aliphatic carbocycles. The summed E-state index contributed by atoms with van der Waals surface area (Å²) in [6, 6.07) is 7.79. The van der Waals surface area contributed by atoms with E-state index in [0.29, 0.717) is 10.7 Å². The molecular formula is C21H19N3O5S. The van der Waals surface area contributed by atoms with E-state index in [1.54, 1.807) is 54.9 Å². The predicted octanol–water partition coefficient (Wildman–Crippen LogP) is 2.75. The number of nitrogens with one attached hydrogen (secondary N) is 1. The highest BCUT2D eigenvalue weighted by molar-refractivity contribution is 7.95. The van der Waals surface area contributed by atoms with Gasteiger partial charge >= 0.3 is 6.03 Å². The van der Waals surface area contributed by atoms with Crippen LogP contribution in [-0.4, -0.2) is 26.0 Å². The van der Waals surface area contributed by atoms with Gasteiger partial charge in [0.15, 0.2) is 5.76 Å². The largest absolute Gasteiger partial charge is 0.352 e. The van der Waals surface area contributed by atoms with Crippen LogP contribution < -0.4 is 11.1 Å². The summed E-state index contributed by atoms with van der Waals surface area (Å²) in [5.41, 5.74) is 8.34. The van der Waals surface area contributed by atoms with E-state index < -0.39 is 15.9 Å². The lowest BCUT2D eigenvalue weighted by atomic mass is 10.0. The molecule has 0 spiro atoms. The van der Waals surface area contributed by atoms with Gasteiger partial charge in [0.05, 0.1) is 9.80 Å². The number of primary amides is 1. The van der Waals surface area contributed by atoms with E-state index in [2.05, 4.69) is 10.3 Å². The third-order valence-electron chi connectivity index (χ3n) is 4.83. The van der Waals surface area contributed by atoms with Gasteiger partial charge in [0.2, 0.25) is 9.84 Å². The molecule has 1 aromatic carbocycles. The molecule has 4 rings (SSSR count). The molecule has 0 fully saturated rings. The number of hydrogen-bond donors (Lipinski definition) is 2. The molecule has 3 N–H and O–H groups in total. The number of sulfone groups is 1. The van der Waals surface area contributed by atoms with Gasteiger partial charge in [0, 0.05) is 30.9 Å². The fourth-order valence-electron chi connectivity index (χ4n) is 3.28.